The van der Waals surface area contributed by atoms with E-state index in [1.54, 1.807) is 0 Å². The zero-order valence-corrected chi connectivity index (χ0v) is 10.3. The molecular weight excluding hydrogens is 217 g/mol. The maximum absolute atomic E-state index is 9.82. The van der Waals surface area contributed by atoms with Crippen LogP contribution in [0, 0.1) is 0 Å². The topological polar surface area (TPSA) is 157 Å². The molecule has 15 heavy (non-hydrogen) atoms. The van der Waals surface area contributed by atoms with Crippen LogP contribution in [0.15, 0.2) is 0 Å². The average molecular weight is 229 g/mol. The number of nitrogens with zero attached hydrogens (tertiary/aromatic N) is 3. The van der Waals surface area contributed by atoms with Crippen molar-refractivity contribution in [3.8, 4) is 0 Å². The van der Waals surface area contributed by atoms with Crippen molar-refractivity contribution >= 4 is 6.29 Å². The maximum Gasteiger partial charge on any atom is 1.00 e. The summed E-state index contributed by atoms with van der Waals surface area (Å²) in [5.41, 5.74) is 13.5. The van der Waals surface area contributed by atoms with E-state index in [9.17, 15) is 4.79 Å². The molecule has 0 aliphatic rings. The third kappa shape index (κ3) is 11.7. The molecule has 9 heteroatoms. The molecule has 0 aliphatic carbocycles. The van der Waals surface area contributed by atoms with Crippen LogP contribution in [-0.2, 0) is 4.79 Å². The van der Waals surface area contributed by atoms with Crippen molar-refractivity contribution in [3.05, 3.63) is 16.0 Å². The van der Waals surface area contributed by atoms with E-state index in [4.69, 9.17) is 31.5 Å². The van der Waals surface area contributed by atoms with E-state index in [0.29, 0.717) is 6.29 Å². The second kappa shape index (κ2) is 13.8. The Morgan fingerprint density at radius 2 is 1.60 bits per heavy atom. The van der Waals surface area contributed by atoms with E-state index in [2.05, 4.69) is 0 Å². The van der Waals surface area contributed by atoms with Gasteiger partial charge in [-0.3, -0.25) is 4.91 Å². The smallest absolute Gasteiger partial charge is 0.394 e. The molecule has 0 heterocycles. The van der Waals surface area contributed by atoms with Crippen LogP contribution in [0.25, 0.3) is 16.0 Å². The summed E-state index contributed by atoms with van der Waals surface area (Å²) < 4.78 is 0. The van der Waals surface area contributed by atoms with Crippen molar-refractivity contribution in [2.24, 2.45) is 0 Å². The van der Waals surface area contributed by atoms with Gasteiger partial charge in [0.2, 0.25) is 0 Å². The zero-order valence-electron chi connectivity index (χ0n) is 8.26. The summed E-state index contributed by atoms with van der Waals surface area (Å²) in [6, 6.07) is 0. The second-order valence-corrected chi connectivity index (χ2v) is 2.30. The van der Waals surface area contributed by atoms with E-state index in [1.165, 1.54) is 4.91 Å². The first-order valence-corrected chi connectivity index (χ1v) is 3.62. The number of hydrogen-bond donors (Lipinski definition) is 4. The minimum absolute atomic E-state index is 0. The monoisotopic (exact) mass is 229 g/mol. The van der Waals surface area contributed by atoms with Crippen LogP contribution in [0.4, 0.5) is 0 Å². The predicted octanol–water partition coefficient (Wildman–Crippen LogP) is -4.48. The van der Waals surface area contributed by atoms with E-state index in [-0.39, 0.29) is 36.0 Å². The van der Waals surface area contributed by atoms with Crippen LogP contribution >= 0.6 is 0 Å². The first-order chi connectivity index (χ1) is 6.54. The Morgan fingerprint density at radius 3 is 1.87 bits per heavy atom. The maximum atomic E-state index is 9.82. The van der Waals surface area contributed by atoms with Crippen LogP contribution in [0.3, 0.4) is 0 Å². The number of hydrogen-bond acceptors (Lipinski definition) is 5. The van der Waals surface area contributed by atoms with Crippen LogP contribution in [-0.4, -0.2) is 51.6 Å². The van der Waals surface area contributed by atoms with Gasteiger partial charge < -0.3 is 36.3 Å². The molecule has 0 fully saturated rings. The molecule has 0 amide bonds. The SMILES string of the molecule is O=CC[C@@H](O)[C@H](O)[C@H](O)CO.[N-]=[N+]=[N-].[Na+]. The van der Waals surface area contributed by atoms with Gasteiger partial charge in [-0.2, -0.15) is 0 Å². The van der Waals surface area contributed by atoms with Crippen molar-refractivity contribution < 1.29 is 54.8 Å². The molecule has 0 aromatic rings. The summed E-state index contributed by atoms with van der Waals surface area (Å²) in [6.45, 7) is -0.642. The third-order valence-corrected chi connectivity index (χ3v) is 1.31. The summed E-state index contributed by atoms with van der Waals surface area (Å²) in [7, 11) is 0. The normalized spacial score (nSPS) is 14.4. The first-order valence-electron chi connectivity index (χ1n) is 3.62. The third-order valence-electron chi connectivity index (χ3n) is 1.31. The van der Waals surface area contributed by atoms with Crippen molar-refractivity contribution in [1.29, 1.82) is 0 Å². The molecular formula is C6H12N3NaO5. The summed E-state index contributed by atoms with van der Waals surface area (Å²) in [5.74, 6) is 0. The largest absolute Gasteiger partial charge is 1.00 e. The molecule has 0 aromatic heterocycles. The van der Waals surface area contributed by atoms with Crippen molar-refractivity contribution in [1.82, 2.24) is 0 Å². The molecule has 82 valence electrons. The van der Waals surface area contributed by atoms with Gasteiger partial charge in [0.15, 0.2) is 0 Å². The van der Waals surface area contributed by atoms with Gasteiger partial charge in [0, 0.05) is 6.42 Å². The van der Waals surface area contributed by atoms with Gasteiger partial charge in [-0.05, 0) is 0 Å². The van der Waals surface area contributed by atoms with E-state index in [1.807, 2.05) is 0 Å². The standard InChI is InChI=1S/C6H12O5.N3.Na/c7-2-1-4(9)6(11)5(10)3-8;1-3-2;/h2,4-6,8-11H,1,3H2;;/q;-1;+1/t4-,5-,6+;;/m1../s1. The number of rotatable bonds is 5. The molecule has 0 rings (SSSR count). The number of aliphatic hydroxyl groups is 4. The fraction of sp³-hybridized carbons (Fsp3) is 0.833. The molecule has 0 unspecified atom stereocenters. The van der Waals surface area contributed by atoms with Crippen molar-refractivity contribution in [3.63, 3.8) is 0 Å². The molecule has 0 bridgehead atoms. The van der Waals surface area contributed by atoms with Gasteiger partial charge in [-0.25, -0.2) is 0 Å². The molecule has 0 spiro atoms. The Morgan fingerprint density at radius 1 is 1.20 bits per heavy atom. The summed E-state index contributed by atoms with van der Waals surface area (Å²) in [6.07, 6.45) is -4.00. The van der Waals surface area contributed by atoms with Crippen molar-refractivity contribution in [2.75, 3.05) is 6.61 Å². The Hall–Kier alpha value is -0.180. The summed E-state index contributed by atoms with van der Waals surface area (Å²) in [4.78, 5) is 11.3. The molecule has 3 atom stereocenters. The van der Waals surface area contributed by atoms with Crippen LogP contribution in [0.5, 0.6) is 0 Å². The average Bonchev–Trinajstić information content (AvgIpc) is 2.17. The fourth-order valence-electron chi connectivity index (χ4n) is 0.602. The van der Waals surface area contributed by atoms with Gasteiger partial charge in [-0.1, -0.05) is 0 Å². The first kappa shape index (κ1) is 20.3. The zero-order chi connectivity index (χ0) is 11.6. The van der Waals surface area contributed by atoms with Crippen molar-refractivity contribution in [2.45, 2.75) is 24.7 Å². The Labute approximate surface area is 108 Å². The van der Waals surface area contributed by atoms with Gasteiger partial charge in [0.1, 0.15) is 18.5 Å². The van der Waals surface area contributed by atoms with Gasteiger partial charge >= 0.3 is 29.6 Å². The molecule has 0 radical (unpaired) electrons. The molecule has 8 nitrogen and oxygen atoms in total. The molecule has 0 aromatic carbocycles. The number of aldehydes is 1. The van der Waals surface area contributed by atoms with Gasteiger partial charge in [0.05, 0.1) is 12.7 Å². The second-order valence-electron chi connectivity index (χ2n) is 2.30. The van der Waals surface area contributed by atoms with Crippen LogP contribution in [0.1, 0.15) is 6.42 Å². The predicted molar refractivity (Wildman–Crippen MR) is 45.9 cm³/mol. The Kier molecular flexibility index (Phi) is 18.7. The quantitative estimate of drug-likeness (QED) is 0.123. The molecule has 0 aliphatic heterocycles. The minimum Gasteiger partial charge on any atom is -0.394 e. The number of carbonyl (C=O) groups excluding carboxylic acids is 1. The van der Waals surface area contributed by atoms with E-state index < -0.39 is 24.9 Å². The Bertz CT molecular complexity index is 188. The van der Waals surface area contributed by atoms with Gasteiger partial charge in [-0.15, -0.1) is 0 Å². The minimum atomic E-state index is -1.47. The van der Waals surface area contributed by atoms with E-state index >= 15 is 0 Å². The molecule has 4 N–H and O–H groups in total. The summed E-state index contributed by atoms with van der Waals surface area (Å²) in [5, 5.41) is 34.8. The molecule has 0 saturated carbocycles. The summed E-state index contributed by atoms with van der Waals surface area (Å²) >= 11 is 0. The molecule has 0 saturated heterocycles. The van der Waals surface area contributed by atoms with Gasteiger partial charge in [0.25, 0.3) is 0 Å². The fourth-order valence-corrected chi connectivity index (χ4v) is 0.602. The Balaban J connectivity index is -0.000000320. The van der Waals surface area contributed by atoms with Crippen LogP contribution in [0.2, 0.25) is 0 Å². The number of aliphatic hydroxyl groups excluding tert-OH is 4. The van der Waals surface area contributed by atoms with Crippen LogP contribution < -0.4 is 29.6 Å². The number of carbonyl (C=O) groups is 1. The van der Waals surface area contributed by atoms with E-state index in [0.717, 1.165) is 0 Å².